The number of rotatable bonds is 8. The number of ether oxygens (including phenoxy) is 1. The monoisotopic (exact) mass is 521 g/mol. The molecule has 0 bridgehead atoms. The van der Waals surface area contributed by atoms with Gasteiger partial charge in [-0.1, -0.05) is 0 Å². The Balaban J connectivity index is 1.40. The molecule has 0 atom stereocenters. The Labute approximate surface area is 211 Å². The summed E-state index contributed by atoms with van der Waals surface area (Å²) in [4.78, 5) is 16.2. The SMILES string of the molecule is Cc1cc(Nc2cc(N(C)C)cc(C(F)(F)F)c2)cnc1CN[NH2+]c1ncc(F)c(N2CCOCC2)n1. The highest BCUT2D eigenvalue weighted by atomic mass is 19.4. The summed E-state index contributed by atoms with van der Waals surface area (Å²) < 4.78 is 59.5. The highest BCUT2D eigenvalue weighted by Crippen LogP contribution is 2.35. The van der Waals surface area contributed by atoms with E-state index in [2.05, 4.69) is 25.7 Å². The molecule has 4 rings (SSSR count). The minimum Gasteiger partial charge on any atom is -0.378 e. The quantitative estimate of drug-likeness (QED) is 0.237. The number of aromatic nitrogens is 3. The molecule has 1 fully saturated rings. The number of aryl methyl sites for hydroxylation is 1. The first kappa shape index (κ1) is 26.5. The first-order valence-corrected chi connectivity index (χ1v) is 11.6. The molecule has 0 spiro atoms. The fraction of sp³-hybridized carbons (Fsp3) is 0.375. The van der Waals surface area contributed by atoms with Gasteiger partial charge < -0.3 is 19.9 Å². The van der Waals surface area contributed by atoms with Crippen molar-refractivity contribution in [2.24, 2.45) is 0 Å². The van der Waals surface area contributed by atoms with Gasteiger partial charge in [0.25, 0.3) is 0 Å². The van der Waals surface area contributed by atoms with Crippen molar-refractivity contribution in [1.82, 2.24) is 20.4 Å². The standard InChI is InChI=1S/C24H28F4N8O/c1-15-8-18(32-17-9-16(24(26,27)28)10-19(11-17)35(2)3)12-29-21(15)14-31-34-23-30-13-20(25)22(33-23)36-4-6-37-7-5-36/h8-13,31-32H,4-7,14H2,1-3H3,(H,30,33,34)/p+1. The first-order valence-electron chi connectivity index (χ1n) is 11.6. The van der Waals surface area contributed by atoms with Gasteiger partial charge in [-0.3, -0.25) is 4.98 Å². The Morgan fingerprint density at radius 1 is 1.05 bits per heavy atom. The third-order valence-electron chi connectivity index (χ3n) is 5.79. The van der Waals surface area contributed by atoms with Gasteiger partial charge in [-0.2, -0.15) is 28.6 Å². The first-order chi connectivity index (χ1) is 17.6. The van der Waals surface area contributed by atoms with Crippen LogP contribution < -0.4 is 26.0 Å². The van der Waals surface area contributed by atoms with Gasteiger partial charge >= 0.3 is 12.1 Å². The van der Waals surface area contributed by atoms with E-state index in [-0.39, 0.29) is 5.82 Å². The van der Waals surface area contributed by atoms with Gasteiger partial charge in [-0.15, -0.1) is 0 Å². The molecule has 0 unspecified atom stereocenters. The molecule has 1 aromatic carbocycles. The van der Waals surface area contributed by atoms with E-state index >= 15 is 0 Å². The fourth-order valence-corrected chi connectivity index (χ4v) is 3.81. The Morgan fingerprint density at radius 2 is 1.81 bits per heavy atom. The summed E-state index contributed by atoms with van der Waals surface area (Å²) in [6, 6.07) is 5.63. The van der Waals surface area contributed by atoms with Gasteiger partial charge in [-0.05, 0) is 36.8 Å². The molecule has 2 aromatic heterocycles. The Hall–Kier alpha value is -3.55. The number of morpholine rings is 1. The molecule has 4 N–H and O–H groups in total. The van der Waals surface area contributed by atoms with E-state index in [4.69, 9.17) is 4.74 Å². The number of nitrogens with zero attached hydrogens (tertiary/aromatic N) is 5. The number of nitrogens with two attached hydrogens (primary N) is 1. The lowest BCUT2D eigenvalue weighted by Gasteiger charge is -2.27. The van der Waals surface area contributed by atoms with Crippen LogP contribution in [0, 0.1) is 12.7 Å². The second-order valence-corrected chi connectivity index (χ2v) is 8.80. The van der Waals surface area contributed by atoms with Gasteiger partial charge in [0.2, 0.25) is 0 Å². The van der Waals surface area contributed by atoms with Gasteiger partial charge in [0.05, 0.1) is 49.1 Å². The zero-order chi connectivity index (χ0) is 26.6. The lowest BCUT2D eigenvalue weighted by atomic mass is 10.1. The van der Waals surface area contributed by atoms with Crippen LogP contribution >= 0.6 is 0 Å². The molecular weight excluding hydrogens is 492 g/mol. The topological polar surface area (TPSA) is 95.0 Å². The van der Waals surface area contributed by atoms with Crippen LogP contribution in [0.1, 0.15) is 16.8 Å². The molecule has 0 saturated carbocycles. The lowest BCUT2D eigenvalue weighted by Crippen LogP contribution is -2.88. The van der Waals surface area contributed by atoms with Crippen molar-refractivity contribution in [3.05, 3.63) is 59.3 Å². The number of nitrogens with one attached hydrogen (secondary N) is 2. The molecule has 13 heteroatoms. The molecule has 0 radical (unpaired) electrons. The zero-order valence-corrected chi connectivity index (χ0v) is 20.7. The van der Waals surface area contributed by atoms with Crippen LogP contribution in [0.5, 0.6) is 0 Å². The number of quaternary nitrogens is 1. The average molecular weight is 522 g/mol. The largest absolute Gasteiger partial charge is 0.416 e. The molecule has 198 valence electrons. The van der Waals surface area contributed by atoms with E-state index in [1.807, 2.05) is 17.9 Å². The van der Waals surface area contributed by atoms with Crippen LogP contribution in [0.3, 0.4) is 0 Å². The van der Waals surface area contributed by atoms with Crippen molar-refractivity contribution in [3.8, 4) is 0 Å². The molecule has 0 amide bonds. The third-order valence-corrected chi connectivity index (χ3v) is 5.79. The molecule has 1 aliphatic rings. The molecule has 1 saturated heterocycles. The van der Waals surface area contributed by atoms with E-state index in [1.165, 1.54) is 0 Å². The number of hydrogen-bond donors (Lipinski definition) is 3. The maximum atomic E-state index is 14.2. The fourth-order valence-electron chi connectivity index (χ4n) is 3.81. The maximum Gasteiger partial charge on any atom is 0.416 e. The molecule has 37 heavy (non-hydrogen) atoms. The van der Waals surface area contributed by atoms with E-state index in [9.17, 15) is 17.6 Å². The van der Waals surface area contributed by atoms with E-state index < -0.39 is 17.6 Å². The van der Waals surface area contributed by atoms with Gasteiger partial charge in [0.1, 0.15) is 0 Å². The second-order valence-electron chi connectivity index (χ2n) is 8.80. The van der Waals surface area contributed by atoms with Crippen molar-refractivity contribution in [2.45, 2.75) is 19.6 Å². The molecule has 1 aliphatic heterocycles. The summed E-state index contributed by atoms with van der Waals surface area (Å²) in [5.74, 6) is 0.0845. The molecule has 3 aromatic rings. The second kappa shape index (κ2) is 11.2. The van der Waals surface area contributed by atoms with Crippen molar-refractivity contribution in [2.75, 3.05) is 55.5 Å². The molecule has 0 aliphatic carbocycles. The van der Waals surface area contributed by atoms with Crippen LogP contribution in [0.15, 0.2) is 36.7 Å². The van der Waals surface area contributed by atoms with Crippen molar-refractivity contribution < 1.29 is 27.7 Å². The lowest BCUT2D eigenvalue weighted by molar-refractivity contribution is -0.642. The highest BCUT2D eigenvalue weighted by Gasteiger charge is 2.31. The summed E-state index contributed by atoms with van der Waals surface area (Å²) in [5, 5.41) is 3.02. The van der Waals surface area contributed by atoms with Gasteiger partial charge in [0.15, 0.2) is 11.6 Å². The van der Waals surface area contributed by atoms with Crippen LogP contribution in [0.4, 0.5) is 46.4 Å². The number of pyridine rings is 1. The average Bonchev–Trinajstić information content (AvgIpc) is 2.86. The number of anilines is 4. The van der Waals surface area contributed by atoms with Crippen molar-refractivity contribution in [3.63, 3.8) is 0 Å². The van der Waals surface area contributed by atoms with Crippen LogP contribution in [-0.2, 0) is 17.5 Å². The number of hydrogen-bond acceptors (Lipinski definition) is 8. The van der Waals surface area contributed by atoms with Crippen molar-refractivity contribution in [1.29, 1.82) is 0 Å². The smallest absolute Gasteiger partial charge is 0.378 e. The summed E-state index contributed by atoms with van der Waals surface area (Å²) in [6.07, 6.45) is -1.75. The summed E-state index contributed by atoms with van der Waals surface area (Å²) in [6.45, 7) is 4.36. The summed E-state index contributed by atoms with van der Waals surface area (Å²) in [7, 11) is 3.37. The minimum atomic E-state index is -4.46. The highest BCUT2D eigenvalue weighted by molar-refractivity contribution is 5.66. The predicted molar refractivity (Wildman–Crippen MR) is 131 cm³/mol. The molecule has 3 heterocycles. The normalized spacial score (nSPS) is 14.1. The van der Waals surface area contributed by atoms with E-state index in [1.54, 1.807) is 36.7 Å². The number of alkyl halides is 3. The predicted octanol–water partition coefficient (Wildman–Crippen LogP) is 2.88. The summed E-state index contributed by atoms with van der Waals surface area (Å²) in [5.41, 5.74) is 6.81. The summed E-state index contributed by atoms with van der Waals surface area (Å²) >= 11 is 0. The number of halogens is 4. The Kier molecular flexibility index (Phi) is 8.05. The van der Waals surface area contributed by atoms with Crippen LogP contribution in [0.2, 0.25) is 0 Å². The third kappa shape index (κ3) is 6.81. The Morgan fingerprint density at radius 3 is 2.49 bits per heavy atom. The molecular formula is C24H29F4N8O+. The number of benzene rings is 1. The van der Waals surface area contributed by atoms with E-state index in [0.29, 0.717) is 55.9 Å². The Bertz CT molecular complexity index is 1230. The van der Waals surface area contributed by atoms with E-state index in [0.717, 1.165) is 29.6 Å². The minimum absolute atomic E-state index is 0.239. The molecule has 9 nitrogen and oxygen atoms in total. The van der Waals surface area contributed by atoms with Crippen LogP contribution in [-0.4, -0.2) is 55.4 Å². The van der Waals surface area contributed by atoms with Crippen LogP contribution in [0.25, 0.3) is 0 Å². The van der Waals surface area contributed by atoms with Crippen molar-refractivity contribution >= 4 is 28.8 Å². The zero-order valence-electron chi connectivity index (χ0n) is 20.7. The van der Waals surface area contributed by atoms with Gasteiger partial charge in [0, 0.05) is 38.6 Å². The maximum absolute atomic E-state index is 14.2. The van der Waals surface area contributed by atoms with Gasteiger partial charge in [-0.25, -0.2) is 9.82 Å².